The van der Waals surface area contributed by atoms with Crippen molar-refractivity contribution < 1.29 is 19.1 Å². The van der Waals surface area contributed by atoms with Crippen molar-refractivity contribution in [3.05, 3.63) is 18.5 Å². The Bertz CT molecular complexity index is 519. The zero-order valence-corrected chi connectivity index (χ0v) is 12.4. The number of rotatable bonds is 4. The number of ether oxygens (including phenoxy) is 2. The van der Waals surface area contributed by atoms with Crippen LogP contribution >= 0.6 is 0 Å². The molecule has 1 aromatic rings. The lowest BCUT2D eigenvalue weighted by Gasteiger charge is -2.25. The van der Waals surface area contributed by atoms with E-state index in [1.165, 1.54) is 4.90 Å². The number of amides is 2. The number of carbonyl (C=O) groups excluding carboxylic acids is 2. The van der Waals surface area contributed by atoms with Crippen LogP contribution in [0.2, 0.25) is 0 Å². The fourth-order valence-electron chi connectivity index (χ4n) is 2.68. The maximum Gasteiger partial charge on any atom is 0.410 e. The summed E-state index contributed by atoms with van der Waals surface area (Å²) in [7, 11) is 0. The van der Waals surface area contributed by atoms with Gasteiger partial charge in [-0.25, -0.2) is 4.79 Å². The normalized spacial score (nSPS) is 22.5. The van der Waals surface area contributed by atoms with E-state index in [-0.39, 0.29) is 18.6 Å². The van der Waals surface area contributed by atoms with Crippen LogP contribution in [0.5, 0.6) is 0 Å². The van der Waals surface area contributed by atoms with Gasteiger partial charge in [0.05, 0.1) is 19.2 Å². The van der Waals surface area contributed by atoms with E-state index < -0.39 is 6.09 Å². The first-order valence-corrected chi connectivity index (χ1v) is 7.51. The molecule has 0 aromatic carbocycles. The van der Waals surface area contributed by atoms with Crippen LogP contribution < -0.4 is 0 Å². The predicted octanol–water partition coefficient (Wildman–Crippen LogP) is -0.0472. The van der Waals surface area contributed by atoms with E-state index in [1.807, 2.05) is 12.3 Å². The summed E-state index contributed by atoms with van der Waals surface area (Å²) in [5.41, 5.74) is 0. The Morgan fingerprint density at radius 3 is 3.00 bits per heavy atom. The number of nitrogens with zero attached hydrogens (tertiary/aromatic N) is 4. The van der Waals surface area contributed by atoms with Gasteiger partial charge in [-0.05, 0) is 12.5 Å². The van der Waals surface area contributed by atoms with Gasteiger partial charge in [-0.3, -0.25) is 14.4 Å². The van der Waals surface area contributed by atoms with Crippen LogP contribution in [0.1, 0.15) is 6.42 Å². The average molecular weight is 308 g/mol. The molecule has 0 saturated carbocycles. The smallest absolute Gasteiger partial charge is 0.410 e. The van der Waals surface area contributed by atoms with E-state index in [1.54, 1.807) is 15.8 Å². The highest BCUT2D eigenvalue weighted by atomic mass is 16.6. The second-order valence-electron chi connectivity index (χ2n) is 5.45. The van der Waals surface area contributed by atoms with Crippen molar-refractivity contribution in [1.82, 2.24) is 19.6 Å². The molecule has 1 aromatic heterocycles. The van der Waals surface area contributed by atoms with E-state index in [9.17, 15) is 9.59 Å². The number of hydrogen-bond acceptors (Lipinski definition) is 5. The van der Waals surface area contributed by atoms with Crippen LogP contribution in [-0.4, -0.2) is 77.1 Å². The average Bonchev–Trinajstić information content (AvgIpc) is 3.08. The molecular formula is C14H20N4O4. The predicted molar refractivity (Wildman–Crippen MR) is 76.1 cm³/mol. The Balaban J connectivity index is 1.57. The van der Waals surface area contributed by atoms with Gasteiger partial charge in [-0.15, -0.1) is 0 Å². The van der Waals surface area contributed by atoms with Crippen LogP contribution in [0, 0.1) is 0 Å². The van der Waals surface area contributed by atoms with Gasteiger partial charge in [0.1, 0.15) is 13.2 Å². The van der Waals surface area contributed by atoms with Gasteiger partial charge >= 0.3 is 6.09 Å². The summed E-state index contributed by atoms with van der Waals surface area (Å²) in [4.78, 5) is 27.0. The fourth-order valence-corrected chi connectivity index (χ4v) is 2.68. The molecule has 3 heterocycles. The molecule has 0 bridgehead atoms. The quantitative estimate of drug-likeness (QED) is 0.779. The monoisotopic (exact) mass is 308 g/mol. The lowest BCUT2D eigenvalue weighted by molar-refractivity contribution is -0.132. The van der Waals surface area contributed by atoms with Crippen molar-refractivity contribution in [2.24, 2.45) is 0 Å². The van der Waals surface area contributed by atoms with Crippen LogP contribution in [0.25, 0.3) is 0 Å². The summed E-state index contributed by atoms with van der Waals surface area (Å²) in [5.74, 6) is -0.0604. The first kappa shape index (κ1) is 14.8. The summed E-state index contributed by atoms with van der Waals surface area (Å²) in [5, 5.41) is 4.17. The maximum atomic E-state index is 12.4. The summed E-state index contributed by atoms with van der Waals surface area (Å²) in [6.45, 7) is 3.32. The standard InChI is InChI=1S/C14H20N4O4/c19-13(11-17-6-8-22-14(17)20)16-4-2-7-21-12(9-16)10-18-5-1-3-15-18/h1,3,5,12H,2,4,6-11H2. The van der Waals surface area contributed by atoms with Crippen molar-refractivity contribution in [2.75, 3.05) is 39.4 Å². The molecule has 2 saturated heterocycles. The SMILES string of the molecule is O=C(CN1CCOC1=O)N1CCCOC(Cn2cccn2)C1. The largest absolute Gasteiger partial charge is 0.448 e. The van der Waals surface area contributed by atoms with Gasteiger partial charge in [0, 0.05) is 32.1 Å². The van der Waals surface area contributed by atoms with E-state index in [2.05, 4.69) is 5.10 Å². The third-order valence-electron chi connectivity index (χ3n) is 3.82. The molecule has 1 unspecified atom stereocenters. The van der Waals surface area contributed by atoms with Crippen molar-refractivity contribution in [3.63, 3.8) is 0 Å². The highest BCUT2D eigenvalue weighted by Crippen LogP contribution is 2.10. The maximum absolute atomic E-state index is 12.4. The van der Waals surface area contributed by atoms with Crippen LogP contribution in [-0.2, 0) is 20.8 Å². The molecule has 0 aliphatic carbocycles. The zero-order valence-electron chi connectivity index (χ0n) is 12.4. The molecule has 0 spiro atoms. The minimum Gasteiger partial charge on any atom is -0.448 e. The molecule has 0 N–H and O–H groups in total. The minimum absolute atomic E-state index is 0.0604. The summed E-state index contributed by atoms with van der Waals surface area (Å²) < 4.78 is 12.4. The number of cyclic esters (lactones) is 1. The summed E-state index contributed by atoms with van der Waals surface area (Å²) >= 11 is 0. The Labute approximate surface area is 128 Å². The molecule has 2 amide bonds. The Kier molecular flexibility index (Phi) is 4.57. The van der Waals surface area contributed by atoms with Crippen molar-refractivity contribution >= 4 is 12.0 Å². The lowest BCUT2D eigenvalue weighted by Crippen LogP contribution is -2.44. The fraction of sp³-hybridized carbons (Fsp3) is 0.643. The summed E-state index contributed by atoms with van der Waals surface area (Å²) in [6, 6.07) is 1.86. The van der Waals surface area contributed by atoms with Crippen LogP contribution in [0.4, 0.5) is 4.79 Å². The van der Waals surface area contributed by atoms with Gasteiger partial charge < -0.3 is 14.4 Å². The molecule has 2 aliphatic heterocycles. The number of aromatic nitrogens is 2. The van der Waals surface area contributed by atoms with E-state index in [0.717, 1.165) is 6.42 Å². The van der Waals surface area contributed by atoms with Crippen LogP contribution in [0.15, 0.2) is 18.5 Å². The van der Waals surface area contributed by atoms with Crippen molar-refractivity contribution in [1.29, 1.82) is 0 Å². The topological polar surface area (TPSA) is 76.9 Å². The third-order valence-corrected chi connectivity index (χ3v) is 3.82. The molecule has 22 heavy (non-hydrogen) atoms. The van der Waals surface area contributed by atoms with Gasteiger partial charge in [0.2, 0.25) is 5.91 Å². The molecule has 0 radical (unpaired) electrons. The van der Waals surface area contributed by atoms with E-state index in [0.29, 0.717) is 39.4 Å². The second-order valence-corrected chi connectivity index (χ2v) is 5.45. The highest BCUT2D eigenvalue weighted by Gasteiger charge is 2.28. The van der Waals surface area contributed by atoms with Gasteiger partial charge in [0.25, 0.3) is 0 Å². The molecule has 2 aliphatic rings. The van der Waals surface area contributed by atoms with Gasteiger partial charge in [0.15, 0.2) is 0 Å². The van der Waals surface area contributed by atoms with E-state index in [4.69, 9.17) is 9.47 Å². The first-order chi connectivity index (χ1) is 10.7. The lowest BCUT2D eigenvalue weighted by atomic mass is 10.3. The molecule has 1 atom stereocenters. The molecule has 120 valence electrons. The number of carbonyl (C=O) groups is 2. The highest BCUT2D eigenvalue weighted by molar-refractivity contribution is 5.82. The Morgan fingerprint density at radius 2 is 2.27 bits per heavy atom. The second kappa shape index (κ2) is 6.78. The Morgan fingerprint density at radius 1 is 1.36 bits per heavy atom. The van der Waals surface area contributed by atoms with Gasteiger partial charge in [-0.1, -0.05) is 0 Å². The molecule has 8 heteroatoms. The van der Waals surface area contributed by atoms with Crippen LogP contribution in [0.3, 0.4) is 0 Å². The molecule has 8 nitrogen and oxygen atoms in total. The zero-order chi connectivity index (χ0) is 15.4. The van der Waals surface area contributed by atoms with Crippen molar-refractivity contribution in [3.8, 4) is 0 Å². The number of hydrogen-bond donors (Lipinski definition) is 0. The molecule has 3 rings (SSSR count). The minimum atomic E-state index is -0.410. The van der Waals surface area contributed by atoms with Gasteiger partial charge in [-0.2, -0.15) is 5.10 Å². The Hall–Kier alpha value is -2.09. The van der Waals surface area contributed by atoms with Crippen molar-refractivity contribution in [2.45, 2.75) is 19.1 Å². The third kappa shape index (κ3) is 3.56. The molecular weight excluding hydrogens is 288 g/mol. The van der Waals surface area contributed by atoms with E-state index >= 15 is 0 Å². The summed E-state index contributed by atoms with van der Waals surface area (Å²) in [6.07, 6.45) is 3.90. The molecule has 2 fully saturated rings. The first-order valence-electron chi connectivity index (χ1n) is 7.51.